The van der Waals surface area contributed by atoms with Crippen LogP contribution in [0, 0.1) is 32.8 Å². The number of nitriles is 2. The van der Waals surface area contributed by atoms with Crippen molar-refractivity contribution in [3.63, 3.8) is 0 Å². The summed E-state index contributed by atoms with van der Waals surface area (Å²) in [6.45, 7) is 0. The average Bonchev–Trinajstić information content (AvgIpc) is 2.56. The van der Waals surface area contributed by atoms with Gasteiger partial charge in [0.2, 0.25) is 0 Å². The standard InChI is InChI=1S/C16H10N4O2/c17-9-12(10-18)11-19-16-4-2-1-3-15(16)13-5-7-14(8-6-13)20(21)22/h1-8,11,19H. The van der Waals surface area contributed by atoms with Crippen LogP contribution in [0.1, 0.15) is 0 Å². The van der Waals surface area contributed by atoms with Gasteiger partial charge >= 0.3 is 0 Å². The molecule has 2 rings (SSSR count). The van der Waals surface area contributed by atoms with E-state index in [1.54, 1.807) is 30.3 Å². The van der Waals surface area contributed by atoms with Gasteiger partial charge in [0.25, 0.3) is 5.69 Å². The van der Waals surface area contributed by atoms with E-state index in [9.17, 15) is 10.1 Å². The van der Waals surface area contributed by atoms with Crippen molar-refractivity contribution in [1.29, 1.82) is 10.5 Å². The van der Waals surface area contributed by atoms with Gasteiger partial charge < -0.3 is 5.32 Å². The minimum atomic E-state index is -0.456. The van der Waals surface area contributed by atoms with Crippen LogP contribution in [-0.2, 0) is 0 Å². The summed E-state index contributed by atoms with van der Waals surface area (Å²) < 4.78 is 0. The number of benzene rings is 2. The van der Waals surface area contributed by atoms with Gasteiger partial charge in [0, 0.05) is 29.6 Å². The summed E-state index contributed by atoms with van der Waals surface area (Å²) in [6.07, 6.45) is 1.32. The molecular formula is C16H10N4O2. The van der Waals surface area contributed by atoms with E-state index in [2.05, 4.69) is 5.32 Å². The molecule has 0 aliphatic heterocycles. The second kappa shape index (κ2) is 6.69. The van der Waals surface area contributed by atoms with Gasteiger partial charge in [-0.15, -0.1) is 0 Å². The molecule has 0 heterocycles. The lowest BCUT2D eigenvalue weighted by Crippen LogP contribution is -1.93. The van der Waals surface area contributed by atoms with Crippen molar-refractivity contribution in [3.05, 3.63) is 70.4 Å². The molecule has 0 spiro atoms. The fourth-order valence-corrected chi connectivity index (χ4v) is 1.86. The maximum Gasteiger partial charge on any atom is 0.269 e. The first-order chi connectivity index (χ1) is 10.7. The number of nitrogens with one attached hydrogen (secondary N) is 1. The largest absolute Gasteiger partial charge is 0.359 e. The number of nitrogens with zero attached hydrogens (tertiary/aromatic N) is 3. The average molecular weight is 290 g/mol. The number of rotatable bonds is 4. The van der Waals surface area contributed by atoms with Crippen LogP contribution in [0.25, 0.3) is 11.1 Å². The van der Waals surface area contributed by atoms with Gasteiger partial charge in [0.1, 0.15) is 17.7 Å². The van der Waals surface area contributed by atoms with Crippen LogP contribution in [0.3, 0.4) is 0 Å². The molecule has 2 aromatic rings. The molecule has 106 valence electrons. The topological polar surface area (TPSA) is 103 Å². The zero-order chi connectivity index (χ0) is 15.9. The Balaban J connectivity index is 2.37. The first-order valence-electron chi connectivity index (χ1n) is 6.26. The molecule has 2 aromatic carbocycles. The van der Waals surface area contributed by atoms with Crippen molar-refractivity contribution < 1.29 is 4.92 Å². The lowest BCUT2D eigenvalue weighted by molar-refractivity contribution is -0.384. The van der Waals surface area contributed by atoms with Crippen molar-refractivity contribution in [2.45, 2.75) is 0 Å². The first-order valence-corrected chi connectivity index (χ1v) is 6.26. The molecule has 0 amide bonds. The predicted molar refractivity (Wildman–Crippen MR) is 81.5 cm³/mol. The highest BCUT2D eigenvalue weighted by Gasteiger charge is 2.07. The molecule has 0 aromatic heterocycles. The third-order valence-electron chi connectivity index (χ3n) is 2.93. The van der Waals surface area contributed by atoms with Gasteiger partial charge in [-0.3, -0.25) is 10.1 Å². The summed E-state index contributed by atoms with van der Waals surface area (Å²) in [5.41, 5.74) is 2.27. The third-order valence-corrected chi connectivity index (χ3v) is 2.93. The summed E-state index contributed by atoms with van der Waals surface area (Å²) >= 11 is 0. The van der Waals surface area contributed by atoms with Gasteiger partial charge in [0.05, 0.1) is 4.92 Å². The Bertz CT molecular complexity index is 795. The molecule has 6 nitrogen and oxygen atoms in total. The summed E-state index contributed by atoms with van der Waals surface area (Å²) in [6, 6.07) is 17.0. The number of anilines is 1. The Morgan fingerprint density at radius 1 is 1.09 bits per heavy atom. The van der Waals surface area contributed by atoms with E-state index in [4.69, 9.17) is 10.5 Å². The van der Waals surface area contributed by atoms with Crippen LogP contribution in [-0.4, -0.2) is 4.92 Å². The van der Waals surface area contributed by atoms with Crippen LogP contribution in [0.4, 0.5) is 11.4 Å². The number of non-ortho nitro benzene ring substituents is 1. The van der Waals surface area contributed by atoms with Crippen molar-refractivity contribution in [2.24, 2.45) is 0 Å². The molecule has 0 bridgehead atoms. The molecule has 0 fully saturated rings. The van der Waals surface area contributed by atoms with Crippen molar-refractivity contribution in [1.82, 2.24) is 0 Å². The van der Waals surface area contributed by atoms with E-state index in [1.165, 1.54) is 18.3 Å². The maximum atomic E-state index is 10.7. The summed E-state index contributed by atoms with van der Waals surface area (Å²) in [5, 5.41) is 31.1. The minimum Gasteiger partial charge on any atom is -0.359 e. The second-order valence-electron chi connectivity index (χ2n) is 4.28. The van der Waals surface area contributed by atoms with E-state index in [1.807, 2.05) is 18.2 Å². The Morgan fingerprint density at radius 2 is 1.73 bits per heavy atom. The zero-order valence-corrected chi connectivity index (χ0v) is 11.4. The molecule has 0 aliphatic rings. The summed E-state index contributed by atoms with van der Waals surface area (Å²) in [4.78, 5) is 10.2. The molecule has 1 N–H and O–H groups in total. The molecule has 0 atom stereocenters. The number of para-hydroxylation sites is 1. The van der Waals surface area contributed by atoms with E-state index in [0.717, 1.165) is 11.1 Å². The number of hydrogen-bond donors (Lipinski definition) is 1. The predicted octanol–water partition coefficient (Wildman–Crippen LogP) is 3.60. The Morgan fingerprint density at radius 3 is 2.32 bits per heavy atom. The molecule has 0 unspecified atom stereocenters. The van der Waals surface area contributed by atoms with Crippen molar-refractivity contribution in [2.75, 3.05) is 5.32 Å². The highest BCUT2D eigenvalue weighted by atomic mass is 16.6. The highest BCUT2D eigenvalue weighted by Crippen LogP contribution is 2.29. The van der Waals surface area contributed by atoms with Crippen LogP contribution < -0.4 is 5.32 Å². The lowest BCUT2D eigenvalue weighted by Gasteiger charge is -2.09. The number of allylic oxidation sites excluding steroid dienone is 1. The van der Waals surface area contributed by atoms with Crippen LogP contribution >= 0.6 is 0 Å². The van der Waals surface area contributed by atoms with Crippen molar-refractivity contribution >= 4 is 11.4 Å². The molecule has 22 heavy (non-hydrogen) atoms. The van der Waals surface area contributed by atoms with Gasteiger partial charge in [-0.05, 0) is 23.8 Å². The zero-order valence-electron chi connectivity index (χ0n) is 11.4. The number of nitro benzene ring substituents is 1. The van der Waals surface area contributed by atoms with Crippen LogP contribution in [0.15, 0.2) is 60.3 Å². The first kappa shape index (κ1) is 14.8. The minimum absolute atomic E-state index is 0.0188. The van der Waals surface area contributed by atoms with Gasteiger partial charge in [-0.1, -0.05) is 18.2 Å². The number of nitro groups is 1. The molecule has 0 saturated heterocycles. The molecule has 0 radical (unpaired) electrons. The maximum absolute atomic E-state index is 10.7. The molecule has 0 aliphatic carbocycles. The fraction of sp³-hybridized carbons (Fsp3) is 0. The Labute approximate surface area is 126 Å². The van der Waals surface area contributed by atoms with Crippen LogP contribution in [0.5, 0.6) is 0 Å². The smallest absolute Gasteiger partial charge is 0.269 e. The monoisotopic (exact) mass is 290 g/mol. The quantitative estimate of drug-likeness (QED) is 0.526. The third kappa shape index (κ3) is 3.27. The normalized spacial score (nSPS) is 9.18. The fourth-order valence-electron chi connectivity index (χ4n) is 1.86. The van der Waals surface area contributed by atoms with Crippen molar-refractivity contribution in [3.8, 4) is 23.3 Å². The summed E-state index contributed by atoms with van der Waals surface area (Å²) in [5.74, 6) is 0. The van der Waals surface area contributed by atoms with E-state index in [0.29, 0.717) is 5.69 Å². The molecular weight excluding hydrogens is 280 g/mol. The Kier molecular flexibility index (Phi) is 4.49. The van der Waals surface area contributed by atoms with Gasteiger partial charge in [-0.2, -0.15) is 10.5 Å². The number of hydrogen-bond acceptors (Lipinski definition) is 5. The summed E-state index contributed by atoms with van der Waals surface area (Å²) in [7, 11) is 0. The van der Waals surface area contributed by atoms with E-state index in [-0.39, 0.29) is 11.3 Å². The highest BCUT2D eigenvalue weighted by molar-refractivity contribution is 5.79. The van der Waals surface area contributed by atoms with E-state index < -0.39 is 4.92 Å². The SMILES string of the molecule is N#CC(C#N)=CNc1ccccc1-c1ccc([N+](=O)[O-])cc1. The molecule has 0 saturated carbocycles. The Hall–Kier alpha value is -3.64. The van der Waals surface area contributed by atoms with Gasteiger partial charge in [-0.25, -0.2) is 0 Å². The lowest BCUT2D eigenvalue weighted by atomic mass is 10.0. The molecule has 6 heteroatoms. The van der Waals surface area contributed by atoms with Gasteiger partial charge in [0.15, 0.2) is 0 Å². The van der Waals surface area contributed by atoms with E-state index >= 15 is 0 Å². The second-order valence-corrected chi connectivity index (χ2v) is 4.28. The van der Waals surface area contributed by atoms with Crippen LogP contribution in [0.2, 0.25) is 0 Å².